The van der Waals surface area contributed by atoms with Crippen LogP contribution in [0.3, 0.4) is 0 Å². The molecular weight excluding hydrogens is 300 g/mol. The van der Waals surface area contributed by atoms with E-state index < -0.39 is 0 Å². The molecule has 0 spiro atoms. The van der Waals surface area contributed by atoms with Crippen molar-refractivity contribution in [3.8, 4) is 0 Å². The SMILES string of the molecule is CC(C)(C)C(NC(=O)c1cnc(C2CC2)s1)c1cccs1. The highest BCUT2D eigenvalue weighted by Crippen LogP contribution is 2.42. The number of carbonyl (C=O) groups excluding carboxylic acids is 1. The Morgan fingerprint density at radius 1 is 1.43 bits per heavy atom. The number of hydrogen-bond acceptors (Lipinski definition) is 4. The molecule has 0 saturated heterocycles. The zero-order valence-electron chi connectivity index (χ0n) is 12.6. The van der Waals surface area contributed by atoms with Crippen molar-refractivity contribution in [2.24, 2.45) is 5.41 Å². The Balaban J connectivity index is 1.76. The highest BCUT2D eigenvalue weighted by molar-refractivity contribution is 7.13. The first-order chi connectivity index (χ1) is 9.95. The molecule has 1 aliphatic carbocycles. The zero-order chi connectivity index (χ0) is 15.0. The third-order valence-electron chi connectivity index (χ3n) is 3.64. The summed E-state index contributed by atoms with van der Waals surface area (Å²) in [7, 11) is 0. The number of nitrogens with one attached hydrogen (secondary N) is 1. The minimum Gasteiger partial charge on any atom is -0.343 e. The van der Waals surface area contributed by atoms with Gasteiger partial charge in [0, 0.05) is 10.8 Å². The summed E-state index contributed by atoms with van der Waals surface area (Å²) >= 11 is 3.23. The van der Waals surface area contributed by atoms with E-state index in [0.717, 1.165) is 9.88 Å². The first-order valence-electron chi connectivity index (χ1n) is 7.25. The van der Waals surface area contributed by atoms with Gasteiger partial charge in [0.1, 0.15) is 4.88 Å². The molecule has 1 saturated carbocycles. The van der Waals surface area contributed by atoms with Crippen molar-refractivity contribution in [2.75, 3.05) is 0 Å². The van der Waals surface area contributed by atoms with E-state index >= 15 is 0 Å². The summed E-state index contributed by atoms with van der Waals surface area (Å²) in [5.74, 6) is 0.597. The molecule has 2 aromatic rings. The van der Waals surface area contributed by atoms with E-state index in [-0.39, 0.29) is 17.4 Å². The predicted molar refractivity (Wildman–Crippen MR) is 88.1 cm³/mol. The molecule has 0 aromatic carbocycles. The third-order valence-corrected chi connectivity index (χ3v) is 5.74. The predicted octanol–water partition coefficient (Wildman–Crippen LogP) is 4.60. The molecule has 0 aliphatic heterocycles. The Morgan fingerprint density at radius 2 is 2.19 bits per heavy atom. The molecule has 0 bridgehead atoms. The van der Waals surface area contributed by atoms with Crippen molar-refractivity contribution >= 4 is 28.6 Å². The number of rotatable bonds is 4. The molecule has 2 heterocycles. The number of thiophene rings is 1. The minimum atomic E-state index is -0.0233. The van der Waals surface area contributed by atoms with Gasteiger partial charge in [0.05, 0.1) is 17.2 Å². The summed E-state index contributed by atoms with van der Waals surface area (Å²) < 4.78 is 0. The van der Waals surface area contributed by atoms with Gasteiger partial charge in [-0.1, -0.05) is 26.8 Å². The van der Waals surface area contributed by atoms with Crippen LogP contribution in [0.1, 0.15) is 65.1 Å². The zero-order valence-corrected chi connectivity index (χ0v) is 14.2. The van der Waals surface area contributed by atoms with E-state index in [1.807, 2.05) is 6.07 Å². The summed E-state index contributed by atoms with van der Waals surface area (Å²) in [6.45, 7) is 6.46. The van der Waals surface area contributed by atoms with Crippen molar-refractivity contribution in [3.05, 3.63) is 38.5 Å². The van der Waals surface area contributed by atoms with Crippen LogP contribution >= 0.6 is 22.7 Å². The van der Waals surface area contributed by atoms with Crippen LogP contribution in [0, 0.1) is 5.41 Å². The number of thiazole rings is 1. The van der Waals surface area contributed by atoms with Gasteiger partial charge in [-0.2, -0.15) is 0 Å². The van der Waals surface area contributed by atoms with E-state index in [1.54, 1.807) is 28.9 Å². The normalized spacial score (nSPS) is 16.7. The molecule has 21 heavy (non-hydrogen) atoms. The summed E-state index contributed by atoms with van der Waals surface area (Å²) in [5, 5.41) is 6.36. The van der Waals surface area contributed by atoms with Crippen molar-refractivity contribution in [1.29, 1.82) is 0 Å². The largest absolute Gasteiger partial charge is 0.343 e. The fourth-order valence-corrected chi connectivity index (χ4v) is 4.29. The Kier molecular flexibility index (Phi) is 3.88. The van der Waals surface area contributed by atoms with Crippen molar-refractivity contribution in [3.63, 3.8) is 0 Å². The lowest BCUT2D eigenvalue weighted by Crippen LogP contribution is -2.35. The van der Waals surface area contributed by atoms with Crippen LogP contribution in [0.25, 0.3) is 0 Å². The molecular formula is C16H20N2OS2. The minimum absolute atomic E-state index is 0.00674. The maximum atomic E-state index is 12.5. The number of nitrogens with zero attached hydrogens (tertiary/aromatic N) is 1. The molecule has 3 rings (SSSR count). The molecule has 112 valence electrons. The average molecular weight is 320 g/mol. The summed E-state index contributed by atoms with van der Waals surface area (Å²) in [4.78, 5) is 18.8. The maximum absolute atomic E-state index is 12.5. The lowest BCUT2D eigenvalue weighted by atomic mass is 9.85. The van der Waals surface area contributed by atoms with Crippen LogP contribution in [0.2, 0.25) is 0 Å². The molecule has 1 amide bonds. The van der Waals surface area contributed by atoms with E-state index in [1.165, 1.54) is 17.7 Å². The second-order valence-corrected chi connectivity index (χ2v) is 8.67. The number of amides is 1. The van der Waals surface area contributed by atoms with Gasteiger partial charge in [-0.3, -0.25) is 4.79 Å². The van der Waals surface area contributed by atoms with Gasteiger partial charge in [-0.05, 0) is 29.7 Å². The van der Waals surface area contributed by atoms with E-state index in [0.29, 0.717) is 5.92 Å². The second-order valence-electron chi connectivity index (χ2n) is 6.62. The summed E-state index contributed by atoms with van der Waals surface area (Å²) in [6, 6.07) is 4.14. The molecule has 1 aliphatic rings. The molecule has 1 unspecified atom stereocenters. The third kappa shape index (κ3) is 3.35. The Labute approximate surface area is 133 Å². The first kappa shape index (κ1) is 14.7. The highest BCUT2D eigenvalue weighted by Gasteiger charge is 2.31. The monoisotopic (exact) mass is 320 g/mol. The van der Waals surface area contributed by atoms with Crippen molar-refractivity contribution < 1.29 is 4.79 Å². The van der Waals surface area contributed by atoms with Crippen LogP contribution < -0.4 is 5.32 Å². The summed E-state index contributed by atoms with van der Waals surface area (Å²) in [6.07, 6.45) is 4.16. The number of hydrogen-bond donors (Lipinski definition) is 1. The van der Waals surface area contributed by atoms with Crippen LogP contribution in [-0.2, 0) is 0 Å². The van der Waals surface area contributed by atoms with Gasteiger partial charge < -0.3 is 5.32 Å². The van der Waals surface area contributed by atoms with E-state index in [9.17, 15) is 4.79 Å². The van der Waals surface area contributed by atoms with Crippen LogP contribution in [0.4, 0.5) is 0 Å². The van der Waals surface area contributed by atoms with Gasteiger partial charge in [-0.25, -0.2) is 4.98 Å². The van der Waals surface area contributed by atoms with E-state index in [2.05, 4.69) is 42.5 Å². The smallest absolute Gasteiger partial charge is 0.263 e. The molecule has 1 N–H and O–H groups in total. The fraction of sp³-hybridized carbons (Fsp3) is 0.500. The van der Waals surface area contributed by atoms with Gasteiger partial charge in [-0.15, -0.1) is 22.7 Å². The quantitative estimate of drug-likeness (QED) is 0.894. The highest BCUT2D eigenvalue weighted by atomic mass is 32.1. The van der Waals surface area contributed by atoms with Gasteiger partial charge in [0.25, 0.3) is 5.91 Å². The topological polar surface area (TPSA) is 42.0 Å². The van der Waals surface area contributed by atoms with Gasteiger partial charge in [0.15, 0.2) is 0 Å². The number of carbonyl (C=O) groups is 1. The lowest BCUT2D eigenvalue weighted by Gasteiger charge is -2.30. The lowest BCUT2D eigenvalue weighted by molar-refractivity contribution is 0.0907. The second kappa shape index (κ2) is 5.54. The molecule has 1 atom stereocenters. The summed E-state index contributed by atoms with van der Waals surface area (Å²) in [5.41, 5.74) is -0.0233. The maximum Gasteiger partial charge on any atom is 0.263 e. The fourth-order valence-electron chi connectivity index (χ4n) is 2.28. The Bertz CT molecular complexity index is 621. The number of aromatic nitrogens is 1. The van der Waals surface area contributed by atoms with Crippen molar-refractivity contribution in [2.45, 2.75) is 45.6 Å². The molecule has 1 fully saturated rings. The first-order valence-corrected chi connectivity index (χ1v) is 8.95. The van der Waals surface area contributed by atoms with Crippen LogP contribution in [0.15, 0.2) is 23.7 Å². The van der Waals surface area contributed by atoms with Gasteiger partial charge in [0.2, 0.25) is 0 Å². The van der Waals surface area contributed by atoms with Crippen molar-refractivity contribution in [1.82, 2.24) is 10.3 Å². The van der Waals surface area contributed by atoms with Crippen LogP contribution in [-0.4, -0.2) is 10.9 Å². The average Bonchev–Trinajstić information content (AvgIpc) is 2.93. The Morgan fingerprint density at radius 3 is 2.76 bits per heavy atom. The molecule has 3 nitrogen and oxygen atoms in total. The van der Waals surface area contributed by atoms with E-state index in [4.69, 9.17) is 0 Å². The molecule has 2 aromatic heterocycles. The van der Waals surface area contributed by atoms with Crippen LogP contribution in [0.5, 0.6) is 0 Å². The van der Waals surface area contributed by atoms with Gasteiger partial charge >= 0.3 is 0 Å². The molecule has 0 radical (unpaired) electrons. The Hall–Kier alpha value is -1.20. The molecule has 5 heteroatoms. The standard InChI is InChI=1S/C16H20N2OS2/c1-16(2,3)13(11-5-4-8-20-11)18-14(19)12-9-17-15(21-12)10-6-7-10/h4-5,8-10,13H,6-7H2,1-3H3,(H,18,19).